The molecule has 0 unspecified atom stereocenters. The molecule has 0 aromatic heterocycles. The van der Waals surface area contributed by atoms with Crippen molar-refractivity contribution in [2.45, 2.75) is 6.61 Å². The van der Waals surface area contributed by atoms with Gasteiger partial charge in [-0.15, -0.1) is 0 Å². The highest BCUT2D eigenvalue weighted by atomic mass is 35.5. The van der Waals surface area contributed by atoms with Crippen LogP contribution in [-0.2, 0) is 6.61 Å². The molecule has 2 aromatic carbocycles. The molecule has 6 nitrogen and oxygen atoms in total. The van der Waals surface area contributed by atoms with Crippen LogP contribution in [0, 0.1) is 10.1 Å². The molecule has 0 bridgehead atoms. The standard InChI is InChI=1S/C16H17ClN2O4/c1-18-7-8-22-15-10-13(17)9-14(19(20)21)16(15)23-11-12-5-3-2-4-6-12/h2-6,9-10,18H,7-8,11H2,1H3. The van der Waals surface area contributed by atoms with Gasteiger partial charge in [0, 0.05) is 18.7 Å². The summed E-state index contributed by atoms with van der Waals surface area (Å²) in [6.07, 6.45) is 0. The van der Waals surface area contributed by atoms with Gasteiger partial charge in [-0.3, -0.25) is 10.1 Å². The summed E-state index contributed by atoms with van der Waals surface area (Å²) in [7, 11) is 1.79. The first kappa shape index (κ1) is 17.1. The molecule has 0 amide bonds. The Bertz CT molecular complexity index is 665. The van der Waals surface area contributed by atoms with Crippen LogP contribution in [0.4, 0.5) is 5.69 Å². The number of nitrogens with one attached hydrogen (secondary N) is 1. The van der Waals surface area contributed by atoms with Crippen molar-refractivity contribution in [3.8, 4) is 11.5 Å². The lowest BCUT2D eigenvalue weighted by Gasteiger charge is -2.13. The Morgan fingerprint density at radius 1 is 1.22 bits per heavy atom. The van der Waals surface area contributed by atoms with E-state index in [9.17, 15) is 10.1 Å². The van der Waals surface area contributed by atoms with Crippen molar-refractivity contribution in [2.24, 2.45) is 0 Å². The zero-order chi connectivity index (χ0) is 16.7. The summed E-state index contributed by atoms with van der Waals surface area (Å²) in [5, 5.41) is 14.4. The van der Waals surface area contributed by atoms with Gasteiger partial charge in [0.15, 0.2) is 5.75 Å². The molecular weight excluding hydrogens is 320 g/mol. The molecule has 0 aliphatic heterocycles. The summed E-state index contributed by atoms with van der Waals surface area (Å²) >= 11 is 5.94. The summed E-state index contributed by atoms with van der Waals surface area (Å²) in [5.74, 6) is 0.342. The maximum atomic E-state index is 11.3. The molecule has 0 heterocycles. The summed E-state index contributed by atoms with van der Waals surface area (Å²) in [6.45, 7) is 1.14. The third kappa shape index (κ3) is 4.84. The Labute approximate surface area is 139 Å². The van der Waals surface area contributed by atoms with Crippen LogP contribution in [0.25, 0.3) is 0 Å². The van der Waals surface area contributed by atoms with E-state index in [0.29, 0.717) is 13.2 Å². The van der Waals surface area contributed by atoms with Gasteiger partial charge < -0.3 is 14.8 Å². The van der Waals surface area contributed by atoms with Gasteiger partial charge in [-0.2, -0.15) is 0 Å². The average Bonchev–Trinajstić information content (AvgIpc) is 2.54. The lowest BCUT2D eigenvalue weighted by atomic mass is 10.2. The molecule has 0 atom stereocenters. The predicted molar refractivity (Wildman–Crippen MR) is 88.3 cm³/mol. The van der Waals surface area contributed by atoms with Crippen molar-refractivity contribution < 1.29 is 14.4 Å². The van der Waals surface area contributed by atoms with E-state index in [0.717, 1.165) is 5.56 Å². The van der Waals surface area contributed by atoms with E-state index >= 15 is 0 Å². The third-order valence-corrected chi connectivity index (χ3v) is 3.25. The van der Waals surface area contributed by atoms with Crippen molar-refractivity contribution in [2.75, 3.05) is 20.2 Å². The van der Waals surface area contributed by atoms with Crippen molar-refractivity contribution in [1.82, 2.24) is 5.32 Å². The molecule has 23 heavy (non-hydrogen) atoms. The molecular formula is C16H17ClN2O4. The SMILES string of the molecule is CNCCOc1cc(Cl)cc([N+](=O)[O-])c1OCc1ccccc1. The molecule has 1 N–H and O–H groups in total. The minimum atomic E-state index is -0.531. The summed E-state index contributed by atoms with van der Waals surface area (Å²) < 4.78 is 11.2. The molecule has 0 saturated heterocycles. The first-order chi connectivity index (χ1) is 11.1. The van der Waals surface area contributed by atoms with E-state index in [1.807, 2.05) is 30.3 Å². The minimum Gasteiger partial charge on any atom is -0.488 e. The van der Waals surface area contributed by atoms with Gasteiger partial charge in [0.2, 0.25) is 5.75 Å². The third-order valence-electron chi connectivity index (χ3n) is 3.03. The smallest absolute Gasteiger partial charge is 0.316 e. The van der Waals surface area contributed by atoms with E-state index in [-0.39, 0.29) is 28.8 Å². The summed E-state index contributed by atoms with van der Waals surface area (Å²) in [5.41, 5.74) is 0.686. The van der Waals surface area contributed by atoms with Crippen LogP contribution in [0.5, 0.6) is 11.5 Å². The zero-order valence-electron chi connectivity index (χ0n) is 12.6. The minimum absolute atomic E-state index is 0.0827. The van der Waals surface area contributed by atoms with Gasteiger partial charge in [-0.1, -0.05) is 41.9 Å². The quantitative estimate of drug-likeness (QED) is 0.454. The van der Waals surface area contributed by atoms with Gasteiger partial charge in [0.05, 0.1) is 9.95 Å². The van der Waals surface area contributed by atoms with Crippen molar-refractivity contribution in [1.29, 1.82) is 0 Å². The van der Waals surface area contributed by atoms with E-state index in [1.165, 1.54) is 12.1 Å². The fourth-order valence-corrected chi connectivity index (χ4v) is 2.14. The first-order valence-corrected chi connectivity index (χ1v) is 7.41. The van der Waals surface area contributed by atoms with Crippen LogP contribution in [0.1, 0.15) is 5.56 Å². The Morgan fingerprint density at radius 3 is 2.61 bits per heavy atom. The second kappa shape index (κ2) is 8.36. The van der Waals surface area contributed by atoms with E-state index in [1.54, 1.807) is 7.05 Å². The number of ether oxygens (including phenoxy) is 2. The second-order valence-corrected chi connectivity index (χ2v) is 5.17. The van der Waals surface area contributed by atoms with Gasteiger partial charge in [0.1, 0.15) is 13.2 Å². The van der Waals surface area contributed by atoms with Crippen molar-refractivity contribution in [3.63, 3.8) is 0 Å². The Morgan fingerprint density at radius 2 is 1.96 bits per heavy atom. The van der Waals surface area contributed by atoms with Crippen LogP contribution < -0.4 is 14.8 Å². The van der Waals surface area contributed by atoms with Gasteiger partial charge in [-0.25, -0.2) is 0 Å². The summed E-state index contributed by atoms with van der Waals surface area (Å²) in [6, 6.07) is 12.2. The molecule has 0 fully saturated rings. The molecule has 0 radical (unpaired) electrons. The second-order valence-electron chi connectivity index (χ2n) is 4.74. The topological polar surface area (TPSA) is 73.6 Å². The Hall–Kier alpha value is -2.31. The van der Waals surface area contributed by atoms with E-state index in [2.05, 4.69) is 5.32 Å². The number of hydrogen-bond donors (Lipinski definition) is 1. The Balaban J connectivity index is 2.27. The van der Waals surface area contributed by atoms with Crippen LogP contribution in [0.2, 0.25) is 5.02 Å². The predicted octanol–water partition coefficient (Wildman–Crippen LogP) is 3.43. The Kier molecular flexibility index (Phi) is 6.19. The van der Waals surface area contributed by atoms with Gasteiger partial charge >= 0.3 is 5.69 Å². The highest BCUT2D eigenvalue weighted by Gasteiger charge is 2.22. The first-order valence-electron chi connectivity index (χ1n) is 7.04. The molecule has 0 saturated carbocycles. The zero-order valence-corrected chi connectivity index (χ0v) is 13.4. The highest BCUT2D eigenvalue weighted by Crippen LogP contribution is 2.40. The molecule has 2 aromatic rings. The molecule has 7 heteroatoms. The lowest BCUT2D eigenvalue weighted by molar-refractivity contribution is -0.386. The van der Waals surface area contributed by atoms with E-state index < -0.39 is 4.92 Å². The lowest BCUT2D eigenvalue weighted by Crippen LogP contribution is -2.16. The number of nitro benzene ring substituents is 1. The fraction of sp³-hybridized carbons (Fsp3) is 0.250. The number of nitrogens with zero attached hydrogens (tertiary/aromatic N) is 1. The maximum absolute atomic E-state index is 11.3. The molecule has 0 spiro atoms. The van der Waals surface area contributed by atoms with Crippen LogP contribution >= 0.6 is 11.6 Å². The number of benzene rings is 2. The number of halogens is 1. The maximum Gasteiger partial charge on any atom is 0.316 e. The molecule has 0 aliphatic rings. The number of likely N-dealkylation sites (N-methyl/N-ethyl adjacent to an activating group) is 1. The number of nitro groups is 1. The molecule has 0 aliphatic carbocycles. The summed E-state index contributed by atoms with van der Waals surface area (Å²) in [4.78, 5) is 10.7. The van der Waals surface area contributed by atoms with Gasteiger partial charge in [-0.05, 0) is 12.6 Å². The van der Waals surface area contributed by atoms with Crippen molar-refractivity contribution >= 4 is 17.3 Å². The normalized spacial score (nSPS) is 10.3. The van der Waals surface area contributed by atoms with Crippen molar-refractivity contribution in [3.05, 3.63) is 63.2 Å². The van der Waals surface area contributed by atoms with E-state index in [4.69, 9.17) is 21.1 Å². The number of hydrogen-bond acceptors (Lipinski definition) is 5. The largest absolute Gasteiger partial charge is 0.488 e. The molecule has 2 rings (SSSR count). The van der Waals surface area contributed by atoms with Crippen LogP contribution in [-0.4, -0.2) is 25.1 Å². The fourth-order valence-electron chi connectivity index (χ4n) is 1.94. The highest BCUT2D eigenvalue weighted by molar-refractivity contribution is 6.31. The van der Waals surface area contributed by atoms with Gasteiger partial charge in [0.25, 0.3) is 0 Å². The van der Waals surface area contributed by atoms with Crippen LogP contribution in [0.3, 0.4) is 0 Å². The van der Waals surface area contributed by atoms with Crippen LogP contribution in [0.15, 0.2) is 42.5 Å². The average molecular weight is 337 g/mol. The monoisotopic (exact) mass is 336 g/mol. The number of rotatable bonds is 8. The molecule has 122 valence electrons.